The number of para-hydroxylation sites is 1. The van der Waals surface area contributed by atoms with Gasteiger partial charge in [0.15, 0.2) is 17.2 Å². The van der Waals surface area contributed by atoms with E-state index in [4.69, 9.17) is 14.2 Å². The van der Waals surface area contributed by atoms with E-state index >= 15 is 0 Å². The van der Waals surface area contributed by atoms with Crippen molar-refractivity contribution in [3.63, 3.8) is 0 Å². The normalized spacial score (nSPS) is 14.3. The number of aromatic amines is 1. The number of H-pyrrole nitrogens is 1. The Kier molecular flexibility index (Phi) is 5.81. The van der Waals surface area contributed by atoms with E-state index in [1.807, 2.05) is 43.3 Å². The largest absolute Gasteiger partial charge is 0.493 e. The molecule has 1 fully saturated rings. The second kappa shape index (κ2) is 9.04. The maximum atomic E-state index is 6.29. The molecule has 1 aliphatic rings. The van der Waals surface area contributed by atoms with E-state index < -0.39 is 0 Å². The van der Waals surface area contributed by atoms with Gasteiger partial charge in [0.1, 0.15) is 6.33 Å². The lowest BCUT2D eigenvalue weighted by Crippen LogP contribution is -2.21. The molecule has 1 N–H and O–H groups in total. The second-order valence-electron chi connectivity index (χ2n) is 8.18. The van der Waals surface area contributed by atoms with Gasteiger partial charge in [0.25, 0.3) is 0 Å². The fourth-order valence-electron chi connectivity index (χ4n) is 4.35. The van der Waals surface area contributed by atoms with Crippen molar-refractivity contribution in [1.29, 1.82) is 0 Å². The van der Waals surface area contributed by atoms with E-state index in [1.54, 1.807) is 7.11 Å². The molecule has 0 unspecified atom stereocenters. The van der Waals surface area contributed by atoms with Crippen LogP contribution in [0.2, 0.25) is 0 Å². The first-order chi connectivity index (χ1) is 15.7. The first kappa shape index (κ1) is 20.6. The summed E-state index contributed by atoms with van der Waals surface area (Å²) in [5.74, 6) is 2.59. The Labute approximate surface area is 187 Å². The number of hydrogen-bond donors (Lipinski definition) is 1. The third-order valence-electron chi connectivity index (χ3n) is 5.99. The molecule has 32 heavy (non-hydrogen) atoms. The van der Waals surface area contributed by atoms with Crippen LogP contribution in [0.5, 0.6) is 23.1 Å². The SMILES string of the molecule is COc1cc2c(Oc3c(C)[nH]c4ccccc34)ncnc2cc1OCCCN1CCCC1. The lowest BCUT2D eigenvalue weighted by atomic mass is 10.2. The van der Waals surface area contributed by atoms with Gasteiger partial charge in [-0.2, -0.15) is 0 Å². The third-order valence-corrected chi connectivity index (χ3v) is 5.99. The molecule has 0 spiro atoms. The highest BCUT2D eigenvalue weighted by atomic mass is 16.5. The summed E-state index contributed by atoms with van der Waals surface area (Å²) in [7, 11) is 1.65. The van der Waals surface area contributed by atoms with Gasteiger partial charge in [-0.05, 0) is 57.5 Å². The van der Waals surface area contributed by atoms with Crippen LogP contribution in [0.25, 0.3) is 21.8 Å². The summed E-state index contributed by atoms with van der Waals surface area (Å²) < 4.78 is 18.0. The van der Waals surface area contributed by atoms with Gasteiger partial charge in [0.2, 0.25) is 5.88 Å². The summed E-state index contributed by atoms with van der Waals surface area (Å²) in [5, 5.41) is 1.79. The minimum absolute atomic E-state index is 0.488. The average Bonchev–Trinajstić information content (AvgIpc) is 3.44. The van der Waals surface area contributed by atoms with E-state index in [0.29, 0.717) is 24.0 Å². The van der Waals surface area contributed by atoms with Gasteiger partial charge >= 0.3 is 0 Å². The molecule has 2 aromatic heterocycles. The van der Waals surface area contributed by atoms with Gasteiger partial charge < -0.3 is 24.1 Å². The molecule has 4 aromatic rings. The van der Waals surface area contributed by atoms with Gasteiger partial charge in [0, 0.05) is 23.5 Å². The fourth-order valence-corrected chi connectivity index (χ4v) is 4.35. The number of benzene rings is 2. The van der Waals surface area contributed by atoms with Crippen molar-refractivity contribution in [2.75, 3.05) is 33.4 Å². The van der Waals surface area contributed by atoms with Crippen LogP contribution in [0, 0.1) is 6.92 Å². The summed E-state index contributed by atoms with van der Waals surface area (Å²) >= 11 is 0. The Morgan fingerprint density at radius 3 is 2.72 bits per heavy atom. The summed E-state index contributed by atoms with van der Waals surface area (Å²) in [6.45, 7) is 6.11. The second-order valence-corrected chi connectivity index (χ2v) is 8.18. The average molecular weight is 433 g/mol. The number of likely N-dealkylation sites (tertiary alicyclic amines) is 1. The van der Waals surface area contributed by atoms with Crippen molar-refractivity contribution in [3.05, 3.63) is 48.4 Å². The topological polar surface area (TPSA) is 72.5 Å². The van der Waals surface area contributed by atoms with Crippen molar-refractivity contribution >= 4 is 21.8 Å². The molecule has 3 heterocycles. The molecule has 0 atom stereocenters. The quantitative estimate of drug-likeness (QED) is 0.391. The highest BCUT2D eigenvalue weighted by molar-refractivity contribution is 5.90. The Morgan fingerprint density at radius 2 is 1.88 bits per heavy atom. The number of aryl methyl sites for hydroxylation is 1. The van der Waals surface area contributed by atoms with Crippen molar-refractivity contribution in [1.82, 2.24) is 19.9 Å². The molecule has 1 saturated heterocycles. The number of methoxy groups -OCH3 is 1. The third kappa shape index (κ3) is 4.08. The smallest absolute Gasteiger partial charge is 0.230 e. The number of aromatic nitrogens is 3. The lowest BCUT2D eigenvalue weighted by Gasteiger charge is -2.16. The highest BCUT2D eigenvalue weighted by Gasteiger charge is 2.17. The van der Waals surface area contributed by atoms with Gasteiger partial charge in [-0.1, -0.05) is 12.1 Å². The van der Waals surface area contributed by atoms with E-state index in [2.05, 4.69) is 19.9 Å². The van der Waals surface area contributed by atoms with Crippen LogP contribution >= 0.6 is 0 Å². The molecule has 0 radical (unpaired) electrons. The zero-order valence-corrected chi connectivity index (χ0v) is 18.6. The Bertz CT molecular complexity index is 1230. The molecule has 2 aromatic carbocycles. The van der Waals surface area contributed by atoms with Crippen LogP contribution in [0.1, 0.15) is 25.0 Å². The molecule has 0 aliphatic carbocycles. The molecule has 7 heteroatoms. The van der Waals surface area contributed by atoms with Crippen molar-refractivity contribution < 1.29 is 14.2 Å². The van der Waals surface area contributed by atoms with Crippen LogP contribution in [0.15, 0.2) is 42.7 Å². The summed E-state index contributed by atoms with van der Waals surface area (Å²) in [4.78, 5) is 14.7. The minimum Gasteiger partial charge on any atom is -0.493 e. The number of nitrogens with one attached hydrogen (secondary N) is 1. The Balaban J connectivity index is 1.39. The van der Waals surface area contributed by atoms with Crippen molar-refractivity contribution in [2.24, 2.45) is 0 Å². The molecule has 166 valence electrons. The zero-order chi connectivity index (χ0) is 21.9. The molecule has 5 rings (SSSR count). The number of nitrogens with zero attached hydrogens (tertiary/aromatic N) is 3. The number of hydrogen-bond acceptors (Lipinski definition) is 6. The standard InChI is InChI=1S/C25H28N4O3/c1-17-24(18-8-3-4-9-20(18)28-17)32-25-19-14-22(30-2)23(15-21(19)26-16-27-25)31-13-7-12-29-10-5-6-11-29/h3-4,8-9,14-16,28H,5-7,10-13H2,1-2H3. The van der Waals surface area contributed by atoms with E-state index in [9.17, 15) is 0 Å². The molecule has 7 nitrogen and oxygen atoms in total. The van der Waals surface area contributed by atoms with Crippen LogP contribution < -0.4 is 14.2 Å². The van der Waals surface area contributed by atoms with Gasteiger partial charge in [-0.15, -0.1) is 0 Å². The van der Waals surface area contributed by atoms with Crippen LogP contribution in [0.4, 0.5) is 0 Å². The molecule has 1 aliphatic heterocycles. The Morgan fingerprint density at radius 1 is 1.03 bits per heavy atom. The predicted molar refractivity (Wildman–Crippen MR) is 125 cm³/mol. The number of rotatable bonds is 8. The van der Waals surface area contributed by atoms with Crippen molar-refractivity contribution in [3.8, 4) is 23.1 Å². The predicted octanol–water partition coefficient (Wildman–Crippen LogP) is 5.09. The fraction of sp³-hybridized carbons (Fsp3) is 0.360. The molecular weight excluding hydrogens is 404 g/mol. The minimum atomic E-state index is 0.488. The molecule has 0 bridgehead atoms. The van der Waals surface area contributed by atoms with Crippen LogP contribution in [-0.4, -0.2) is 53.2 Å². The van der Waals surface area contributed by atoms with E-state index in [0.717, 1.165) is 46.2 Å². The Hall–Kier alpha value is -3.32. The maximum Gasteiger partial charge on any atom is 0.230 e. The monoisotopic (exact) mass is 432 g/mol. The van der Waals surface area contributed by atoms with E-state index in [1.165, 1.54) is 32.3 Å². The molecule has 0 saturated carbocycles. The highest BCUT2D eigenvalue weighted by Crippen LogP contribution is 2.38. The van der Waals surface area contributed by atoms with E-state index in [-0.39, 0.29) is 0 Å². The molecule has 0 amide bonds. The van der Waals surface area contributed by atoms with Gasteiger partial charge in [-0.25, -0.2) is 9.97 Å². The van der Waals surface area contributed by atoms with Gasteiger partial charge in [-0.3, -0.25) is 0 Å². The van der Waals surface area contributed by atoms with Crippen molar-refractivity contribution in [2.45, 2.75) is 26.2 Å². The summed E-state index contributed by atoms with van der Waals surface area (Å²) in [5.41, 5.74) is 2.73. The lowest BCUT2D eigenvalue weighted by molar-refractivity contribution is 0.254. The molecular formula is C25H28N4O3. The number of fused-ring (bicyclic) bond motifs is 2. The van der Waals surface area contributed by atoms with Crippen LogP contribution in [0.3, 0.4) is 0 Å². The first-order valence-corrected chi connectivity index (χ1v) is 11.2. The maximum absolute atomic E-state index is 6.29. The number of ether oxygens (including phenoxy) is 3. The first-order valence-electron chi connectivity index (χ1n) is 11.2. The summed E-state index contributed by atoms with van der Waals surface area (Å²) in [6, 6.07) is 11.9. The summed E-state index contributed by atoms with van der Waals surface area (Å²) in [6.07, 6.45) is 5.12. The zero-order valence-electron chi connectivity index (χ0n) is 18.6. The van der Waals surface area contributed by atoms with Crippen LogP contribution in [-0.2, 0) is 0 Å². The van der Waals surface area contributed by atoms with Gasteiger partial charge in [0.05, 0.1) is 30.3 Å².